The second kappa shape index (κ2) is 10.1. The number of fused-ring (bicyclic) bond motifs is 1. The lowest BCUT2D eigenvalue weighted by Crippen LogP contribution is -2.05. The van der Waals surface area contributed by atoms with E-state index in [2.05, 4.69) is 66.1 Å². The van der Waals surface area contributed by atoms with Crippen LogP contribution in [0.25, 0.3) is 22.2 Å². The van der Waals surface area contributed by atoms with E-state index < -0.39 is 0 Å². The van der Waals surface area contributed by atoms with Crippen LogP contribution in [0.1, 0.15) is 18.4 Å². The van der Waals surface area contributed by atoms with Gasteiger partial charge in [-0.15, -0.1) is 0 Å². The molecule has 3 aromatic carbocycles. The lowest BCUT2D eigenvalue weighted by atomic mass is 10.0. The summed E-state index contributed by atoms with van der Waals surface area (Å²) in [5.41, 5.74) is 6.11. The van der Waals surface area contributed by atoms with Crippen molar-refractivity contribution in [1.29, 1.82) is 0 Å². The molecule has 3 heteroatoms. The van der Waals surface area contributed by atoms with Crippen molar-refractivity contribution in [2.45, 2.75) is 26.3 Å². The molecule has 1 heterocycles. The number of benzene rings is 3. The zero-order valence-electron chi connectivity index (χ0n) is 18.7. The van der Waals surface area contributed by atoms with Crippen molar-refractivity contribution >= 4 is 10.9 Å². The summed E-state index contributed by atoms with van der Waals surface area (Å²) < 4.78 is 7.71. The summed E-state index contributed by atoms with van der Waals surface area (Å²) in [5, 5.41) is 11.0. The summed E-state index contributed by atoms with van der Waals surface area (Å²) in [7, 11) is 1.69. The molecule has 4 aromatic rings. The molecule has 0 amide bonds. The maximum Gasteiger partial charge on any atom is 0.119 e. The number of allylic oxidation sites excluding steroid dienone is 3. The molecule has 0 fully saturated rings. The molecule has 0 saturated heterocycles. The van der Waals surface area contributed by atoms with Gasteiger partial charge in [0.25, 0.3) is 0 Å². The number of aryl methyl sites for hydroxylation is 1. The first-order chi connectivity index (χ1) is 15.6. The first-order valence-corrected chi connectivity index (χ1v) is 11.0. The molecule has 1 aromatic heterocycles. The summed E-state index contributed by atoms with van der Waals surface area (Å²) in [4.78, 5) is 0. The Hall–Kier alpha value is -3.72. The van der Waals surface area contributed by atoms with E-state index in [0.29, 0.717) is 5.76 Å². The van der Waals surface area contributed by atoms with E-state index in [1.165, 1.54) is 27.9 Å². The van der Waals surface area contributed by atoms with Gasteiger partial charge in [0, 0.05) is 23.1 Å². The van der Waals surface area contributed by atoms with Crippen molar-refractivity contribution in [2.24, 2.45) is 0 Å². The molecule has 0 unspecified atom stereocenters. The third-order valence-corrected chi connectivity index (χ3v) is 5.65. The van der Waals surface area contributed by atoms with Crippen LogP contribution in [0.15, 0.2) is 108 Å². The number of rotatable bonds is 4. The molecule has 0 spiro atoms. The third-order valence-electron chi connectivity index (χ3n) is 5.65. The number of ether oxygens (including phenoxy) is 1. The van der Waals surface area contributed by atoms with Gasteiger partial charge in [0.15, 0.2) is 0 Å². The molecule has 3 nitrogen and oxygen atoms in total. The number of aromatic nitrogens is 1. The molecule has 5 rings (SSSR count). The van der Waals surface area contributed by atoms with E-state index in [1.54, 1.807) is 7.11 Å². The van der Waals surface area contributed by atoms with Gasteiger partial charge in [-0.1, -0.05) is 66.2 Å². The highest BCUT2D eigenvalue weighted by atomic mass is 16.5. The van der Waals surface area contributed by atoms with E-state index in [-0.39, 0.29) is 0 Å². The van der Waals surface area contributed by atoms with Crippen LogP contribution in [-0.2, 0) is 6.54 Å². The Bertz CT molecular complexity index is 1230. The third kappa shape index (κ3) is 5.12. The Balaban J connectivity index is 0.000000300. The van der Waals surface area contributed by atoms with E-state index >= 15 is 0 Å². The molecule has 0 atom stereocenters. The van der Waals surface area contributed by atoms with Crippen LogP contribution in [0.2, 0.25) is 0 Å². The minimum Gasteiger partial charge on any atom is -0.508 e. The van der Waals surface area contributed by atoms with Gasteiger partial charge >= 0.3 is 0 Å². The number of nitrogens with zero attached hydrogens (tertiary/aromatic N) is 1. The van der Waals surface area contributed by atoms with Gasteiger partial charge in [-0.3, -0.25) is 0 Å². The summed E-state index contributed by atoms with van der Waals surface area (Å²) >= 11 is 0. The molecular formula is C29H29NO2. The standard InChI is InChI=1S/C22H21NO2.C7H8/c1-25-20-10-11-21-18(13-20)14-22(17-7-3-2-4-8-17)23(21)15-16-6-5-9-19(24)12-16;1-7-5-3-2-4-6-7/h2-4,7-14,24H,5-6,15H2,1H3;2-6H,1H3. The smallest absolute Gasteiger partial charge is 0.119 e. The zero-order valence-corrected chi connectivity index (χ0v) is 18.7. The summed E-state index contributed by atoms with van der Waals surface area (Å²) in [5.74, 6) is 1.24. The van der Waals surface area contributed by atoms with Crippen molar-refractivity contribution in [3.63, 3.8) is 0 Å². The Morgan fingerprint density at radius 1 is 0.906 bits per heavy atom. The molecule has 1 aliphatic carbocycles. The van der Waals surface area contributed by atoms with Gasteiger partial charge in [-0.25, -0.2) is 0 Å². The fraction of sp³-hybridized carbons (Fsp3) is 0.172. The maximum absolute atomic E-state index is 9.84. The zero-order chi connectivity index (χ0) is 22.3. The Morgan fingerprint density at radius 3 is 2.25 bits per heavy atom. The second-order valence-corrected chi connectivity index (χ2v) is 8.03. The van der Waals surface area contributed by atoms with Gasteiger partial charge in [0.2, 0.25) is 0 Å². The Kier molecular flexibility index (Phi) is 6.76. The van der Waals surface area contributed by atoms with Crippen molar-refractivity contribution in [2.75, 3.05) is 7.11 Å². The van der Waals surface area contributed by atoms with Crippen molar-refractivity contribution in [3.8, 4) is 17.0 Å². The largest absolute Gasteiger partial charge is 0.508 e. The fourth-order valence-corrected chi connectivity index (χ4v) is 4.00. The van der Waals surface area contributed by atoms with Crippen molar-refractivity contribution < 1.29 is 9.84 Å². The van der Waals surface area contributed by atoms with E-state index in [1.807, 2.05) is 42.5 Å². The van der Waals surface area contributed by atoms with Crippen LogP contribution >= 0.6 is 0 Å². The molecule has 0 aliphatic heterocycles. The van der Waals surface area contributed by atoms with E-state index in [9.17, 15) is 5.11 Å². The van der Waals surface area contributed by atoms with E-state index in [0.717, 1.165) is 30.5 Å². The number of methoxy groups -OCH3 is 1. The number of hydrogen-bond acceptors (Lipinski definition) is 2. The Morgan fingerprint density at radius 2 is 1.62 bits per heavy atom. The number of aliphatic hydroxyl groups excluding tert-OH is 1. The quantitative estimate of drug-likeness (QED) is 0.369. The van der Waals surface area contributed by atoms with Crippen molar-refractivity contribution in [1.82, 2.24) is 4.57 Å². The molecule has 0 saturated carbocycles. The first-order valence-electron chi connectivity index (χ1n) is 11.0. The maximum atomic E-state index is 9.84. The normalized spacial score (nSPS) is 13.1. The van der Waals surface area contributed by atoms with Crippen LogP contribution in [0.3, 0.4) is 0 Å². The van der Waals surface area contributed by atoms with E-state index in [4.69, 9.17) is 4.74 Å². The molecule has 0 radical (unpaired) electrons. The lowest BCUT2D eigenvalue weighted by Gasteiger charge is -2.16. The average Bonchev–Trinajstić information content (AvgIpc) is 3.18. The van der Waals surface area contributed by atoms with Crippen LogP contribution in [0.5, 0.6) is 5.75 Å². The number of aliphatic hydroxyl groups is 1. The van der Waals surface area contributed by atoms with Gasteiger partial charge in [-0.2, -0.15) is 0 Å². The molecular weight excluding hydrogens is 394 g/mol. The van der Waals surface area contributed by atoms with Crippen LogP contribution in [0, 0.1) is 6.92 Å². The SMILES string of the molecule is COc1ccc2c(c1)cc(-c1ccccc1)n2CC1=CC(O)=CCC1.Cc1ccccc1. The topological polar surface area (TPSA) is 34.4 Å². The van der Waals surface area contributed by atoms with Gasteiger partial charge in [0.1, 0.15) is 11.5 Å². The van der Waals surface area contributed by atoms with Crippen LogP contribution in [0.4, 0.5) is 0 Å². The monoisotopic (exact) mass is 423 g/mol. The molecule has 0 bridgehead atoms. The minimum absolute atomic E-state index is 0.376. The van der Waals surface area contributed by atoms with Gasteiger partial charge < -0.3 is 14.4 Å². The number of hydrogen-bond donors (Lipinski definition) is 1. The van der Waals surface area contributed by atoms with Gasteiger partial charge in [-0.05, 0) is 67.3 Å². The predicted octanol–water partition coefficient (Wildman–Crippen LogP) is 7.47. The summed E-state index contributed by atoms with van der Waals surface area (Å²) in [6.07, 6.45) is 5.65. The highest BCUT2D eigenvalue weighted by Crippen LogP contribution is 2.32. The predicted molar refractivity (Wildman–Crippen MR) is 133 cm³/mol. The van der Waals surface area contributed by atoms with Crippen molar-refractivity contribution in [3.05, 3.63) is 114 Å². The molecule has 1 N–H and O–H groups in total. The minimum atomic E-state index is 0.376. The molecule has 1 aliphatic rings. The average molecular weight is 424 g/mol. The highest BCUT2D eigenvalue weighted by Gasteiger charge is 2.14. The first kappa shape index (κ1) is 21.5. The molecule has 32 heavy (non-hydrogen) atoms. The summed E-state index contributed by atoms with van der Waals surface area (Å²) in [6.45, 7) is 2.86. The lowest BCUT2D eigenvalue weighted by molar-refractivity contribution is 0.415. The van der Waals surface area contributed by atoms with Crippen LogP contribution in [-0.4, -0.2) is 16.8 Å². The highest BCUT2D eigenvalue weighted by molar-refractivity contribution is 5.88. The molecule has 162 valence electrons. The summed E-state index contributed by atoms with van der Waals surface area (Å²) in [6, 6.07) is 29.1. The fourth-order valence-electron chi connectivity index (χ4n) is 4.00. The van der Waals surface area contributed by atoms with Gasteiger partial charge in [0.05, 0.1) is 7.11 Å². The second-order valence-electron chi connectivity index (χ2n) is 8.03. The van der Waals surface area contributed by atoms with Crippen LogP contribution < -0.4 is 4.74 Å². The Labute approximate surface area is 189 Å².